The highest BCUT2D eigenvalue weighted by molar-refractivity contribution is 7.47. The molecule has 16 nitrogen and oxygen atoms in total. The second-order valence-corrected chi connectivity index (χ2v) is 19.4. The van der Waals surface area contributed by atoms with Crippen LogP contribution in [-0.2, 0) is 41.8 Å². The number of hydrogen-bond acceptors (Lipinski definition) is 13. The number of carbonyl (C=O) groups excluding carboxylic acids is 2. The predicted octanol–water partition coefficient (Wildman–Crippen LogP) is 9.29. The van der Waals surface area contributed by atoms with Gasteiger partial charge in [0.25, 0.3) is 0 Å². The first-order chi connectivity index (χ1) is 31.1. The van der Waals surface area contributed by atoms with Crippen molar-refractivity contribution >= 4 is 27.6 Å². The molecule has 1 unspecified atom stereocenters. The van der Waals surface area contributed by atoms with Crippen LogP contribution in [-0.4, -0.2) is 103 Å². The topological polar surface area (TPSA) is 256 Å². The quantitative estimate of drug-likeness (QED) is 0.0131. The van der Waals surface area contributed by atoms with Crippen LogP contribution >= 0.6 is 15.6 Å². The van der Waals surface area contributed by atoms with E-state index in [1.165, 1.54) is 83.5 Å². The van der Waals surface area contributed by atoms with Gasteiger partial charge in [-0.1, -0.05) is 165 Å². The van der Waals surface area contributed by atoms with Gasteiger partial charge in [-0.2, -0.15) is 0 Å². The lowest BCUT2D eigenvalue weighted by molar-refractivity contribution is -0.216. The molecule has 1 saturated carbocycles. The van der Waals surface area contributed by atoms with Crippen molar-refractivity contribution in [1.82, 2.24) is 0 Å². The molecule has 0 heterocycles. The predicted molar refractivity (Wildman–Crippen MR) is 250 cm³/mol. The monoisotopic (exact) mass is 967 g/mol. The third-order valence-corrected chi connectivity index (χ3v) is 12.4. The van der Waals surface area contributed by atoms with Crippen LogP contribution in [0.1, 0.15) is 181 Å². The molecule has 0 bridgehead atoms. The number of ether oxygens (including phenoxy) is 2. The third kappa shape index (κ3) is 32.4. The Labute approximate surface area is 388 Å². The van der Waals surface area contributed by atoms with E-state index >= 15 is 0 Å². The molecule has 18 heteroatoms. The van der Waals surface area contributed by atoms with E-state index in [9.17, 15) is 53.8 Å². The van der Waals surface area contributed by atoms with E-state index in [0.717, 1.165) is 51.4 Å². The Morgan fingerprint density at radius 2 is 0.908 bits per heavy atom. The van der Waals surface area contributed by atoms with Gasteiger partial charge in [-0.05, 0) is 51.4 Å². The van der Waals surface area contributed by atoms with Gasteiger partial charge in [0.1, 0.15) is 43.2 Å². The molecule has 1 aliphatic rings. The lowest BCUT2D eigenvalue weighted by Gasteiger charge is -2.43. The van der Waals surface area contributed by atoms with Gasteiger partial charge in [0, 0.05) is 12.8 Å². The molecule has 1 rings (SSSR count). The molecule has 7 N–H and O–H groups in total. The van der Waals surface area contributed by atoms with Crippen molar-refractivity contribution in [1.29, 1.82) is 0 Å². The molecule has 0 aromatic heterocycles. The van der Waals surface area contributed by atoms with Crippen LogP contribution < -0.4 is 0 Å². The fourth-order valence-corrected chi connectivity index (χ4v) is 8.68. The Kier molecular flexibility index (Phi) is 35.5. The van der Waals surface area contributed by atoms with Crippen molar-refractivity contribution in [3.05, 3.63) is 48.6 Å². The van der Waals surface area contributed by atoms with Crippen LogP contribution in [0.4, 0.5) is 0 Å². The number of esters is 2. The van der Waals surface area contributed by atoms with Crippen molar-refractivity contribution in [2.24, 2.45) is 0 Å². The van der Waals surface area contributed by atoms with Gasteiger partial charge in [-0.25, -0.2) is 9.13 Å². The zero-order chi connectivity index (χ0) is 48.2. The first-order valence-corrected chi connectivity index (χ1v) is 27.2. The molecule has 0 aliphatic heterocycles. The first-order valence-electron chi connectivity index (χ1n) is 24.2. The molecular formula is C47H84O16P2. The van der Waals surface area contributed by atoms with Gasteiger partial charge in [-0.3, -0.25) is 23.2 Å². The highest BCUT2D eigenvalue weighted by atomic mass is 31.2. The second-order valence-electron chi connectivity index (χ2n) is 16.8. The van der Waals surface area contributed by atoms with Gasteiger partial charge >= 0.3 is 27.6 Å². The third-order valence-electron chi connectivity index (χ3n) is 10.9. The van der Waals surface area contributed by atoms with Crippen LogP contribution in [0.15, 0.2) is 48.6 Å². The number of phosphoric ester groups is 2. The number of allylic oxidation sites excluding steroid dienone is 8. The summed E-state index contributed by atoms with van der Waals surface area (Å²) < 4.78 is 49.3. The number of carbonyl (C=O) groups is 2. The molecule has 378 valence electrons. The Balaban J connectivity index is 2.63. The molecule has 1 fully saturated rings. The summed E-state index contributed by atoms with van der Waals surface area (Å²) in [6, 6.07) is 0. The van der Waals surface area contributed by atoms with Gasteiger partial charge < -0.3 is 44.6 Å². The molecule has 0 amide bonds. The van der Waals surface area contributed by atoms with Gasteiger partial charge in [0.2, 0.25) is 0 Å². The maximum absolute atomic E-state index is 13.0. The normalized spacial score (nSPS) is 22.0. The van der Waals surface area contributed by atoms with Crippen molar-refractivity contribution < 1.29 is 76.9 Å². The smallest absolute Gasteiger partial charge is 0.462 e. The SMILES string of the molecule is CCCCC/C=C\C/C=C\C/C=C\C/C=C\CCCC(=O)O[C@H](COC(=O)CCCCCCCCCCCCCCCCC)COP(=O)(O)O[C@@H]1[C@@H](O)[C@H](OP(=O)(O)O)[C@@H](O)[C@@H](O)[C@H]1O. The highest BCUT2D eigenvalue weighted by Crippen LogP contribution is 2.49. The number of hydrogen-bond donors (Lipinski definition) is 7. The van der Waals surface area contributed by atoms with E-state index in [0.29, 0.717) is 19.3 Å². The summed E-state index contributed by atoms with van der Waals surface area (Å²) in [5, 5.41) is 41.2. The molecule has 1 aliphatic carbocycles. The Morgan fingerprint density at radius 1 is 0.492 bits per heavy atom. The minimum absolute atomic E-state index is 0.0312. The van der Waals surface area contributed by atoms with Crippen molar-refractivity contribution in [2.45, 2.75) is 224 Å². The average molecular weight is 967 g/mol. The fourth-order valence-electron chi connectivity index (χ4n) is 7.14. The zero-order valence-corrected chi connectivity index (χ0v) is 40.9. The lowest BCUT2D eigenvalue weighted by atomic mass is 9.85. The van der Waals surface area contributed by atoms with Gasteiger partial charge in [-0.15, -0.1) is 0 Å². The first kappa shape index (κ1) is 61.0. The summed E-state index contributed by atoms with van der Waals surface area (Å²) in [6.07, 6.45) is 27.9. The maximum Gasteiger partial charge on any atom is 0.472 e. The molecule has 0 saturated heterocycles. The summed E-state index contributed by atoms with van der Waals surface area (Å²) in [5.74, 6) is -1.27. The molecule has 0 aromatic rings. The van der Waals surface area contributed by atoms with Gasteiger partial charge in [0.05, 0.1) is 6.61 Å². The van der Waals surface area contributed by atoms with Crippen molar-refractivity contribution in [2.75, 3.05) is 13.2 Å². The fraction of sp³-hybridized carbons (Fsp3) is 0.787. The van der Waals surface area contributed by atoms with E-state index in [4.69, 9.17) is 18.5 Å². The standard InChI is InChI=1S/C47H84O16P2/c1-3-5-7-9-11-13-15-17-19-20-22-24-26-28-30-32-34-36-41(49)61-39(37-59-40(48)35-33-31-29-27-25-23-21-18-16-14-12-10-8-6-4-2)38-60-65(57,58)63-47-44(52)42(50)43(51)46(45(47)53)62-64(54,55)56/h11,13,17,19,22,24,28,30,39,42-47,50-53H,3-10,12,14-16,18,20-21,23,25-27,29,31-38H2,1-2H3,(H,57,58)(H2,54,55,56)/b13-11-,19-17-,24-22-,30-28-/t39-,42-,43+,44-,45+,46-,47+/m1/s1. The summed E-state index contributed by atoms with van der Waals surface area (Å²) in [4.78, 5) is 54.3. The molecule has 0 aromatic carbocycles. The summed E-state index contributed by atoms with van der Waals surface area (Å²) in [6.45, 7) is 3.04. The molecule has 0 radical (unpaired) electrons. The van der Waals surface area contributed by atoms with Crippen LogP contribution in [0, 0.1) is 0 Å². The van der Waals surface area contributed by atoms with Crippen LogP contribution in [0.3, 0.4) is 0 Å². The molecule has 8 atom stereocenters. The van der Waals surface area contributed by atoms with E-state index in [-0.39, 0.29) is 12.8 Å². The summed E-state index contributed by atoms with van der Waals surface area (Å²) >= 11 is 0. The average Bonchev–Trinajstić information content (AvgIpc) is 3.26. The summed E-state index contributed by atoms with van der Waals surface area (Å²) in [7, 11) is -10.7. The lowest BCUT2D eigenvalue weighted by Crippen LogP contribution is -2.64. The minimum atomic E-state index is -5.37. The van der Waals surface area contributed by atoms with Crippen LogP contribution in [0.5, 0.6) is 0 Å². The van der Waals surface area contributed by atoms with Crippen LogP contribution in [0.2, 0.25) is 0 Å². The van der Waals surface area contributed by atoms with Gasteiger partial charge in [0.15, 0.2) is 6.10 Å². The van der Waals surface area contributed by atoms with E-state index < -0.39 is 83.5 Å². The Bertz CT molecular complexity index is 1450. The second kappa shape index (κ2) is 37.9. The molecule has 0 spiro atoms. The number of rotatable bonds is 40. The van der Waals surface area contributed by atoms with Crippen molar-refractivity contribution in [3.63, 3.8) is 0 Å². The number of unbranched alkanes of at least 4 members (excludes halogenated alkanes) is 18. The highest BCUT2D eigenvalue weighted by Gasteiger charge is 2.54. The number of aliphatic hydroxyl groups is 4. The number of aliphatic hydroxyl groups excluding tert-OH is 4. The van der Waals surface area contributed by atoms with E-state index in [2.05, 4.69) is 54.8 Å². The van der Waals surface area contributed by atoms with Crippen molar-refractivity contribution in [3.8, 4) is 0 Å². The molecule has 65 heavy (non-hydrogen) atoms. The maximum atomic E-state index is 13.0. The van der Waals surface area contributed by atoms with E-state index in [1.54, 1.807) is 0 Å². The molecular weight excluding hydrogens is 882 g/mol. The minimum Gasteiger partial charge on any atom is -0.462 e. The van der Waals surface area contributed by atoms with E-state index in [1.807, 2.05) is 12.2 Å². The number of phosphoric acid groups is 2. The largest absolute Gasteiger partial charge is 0.472 e. The van der Waals surface area contributed by atoms with Crippen LogP contribution in [0.25, 0.3) is 0 Å². The Morgan fingerprint density at radius 3 is 1.40 bits per heavy atom. The zero-order valence-electron chi connectivity index (χ0n) is 39.2. The Hall–Kier alpha value is -2.04. The summed E-state index contributed by atoms with van der Waals surface area (Å²) in [5.41, 5.74) is 0.